The highest BCUT2D eigenvalue weighted by atomic mass is 35.5. The van der Waals surface area contributed by atoms with Gasteiger partial charge in [-0.25, -0.2) is 4.98 Å². The molecule has 3 aromatic rings. The minimum Gasteiger partial charge on any atom is -0.339 e. The Morgan fingerprint density at radius 1 is 1.08 bits per heavy atom. The number of hydrogen-bond donors (Lipinski definition) is 0. The standard InChI is InChI=1S/C27H28Cl2F3N3O/c1-16-13-17(27(30,31)32)14-21-24(16)33-22(34(21)2)15-19-20(28)6-5-18(23(19)29)25(36)35-11-9-26(10-12-35)7-3-4-8-26/h5-6,13-14H,3-4,7-12,15H2,1-2H3. The Hall–Kier alpha value is -2.25. The van der Waals surface area contributed by atoms with Crippen LogP contribution >= 0.6 is 23.2 Å². The van der Waals surface area contributed by atoms with Gasteiger partial charge in [-0.3, -0.25) is 4.79 Å². The molecule has 0 bridgehead atoms. The summed E-state index contributed by atoms with van der Waals surface area (Å²) in [7, 11) is 1.67. The maximum Gasteiger partial charge on any atom is 0.416 e. The molecule has 1 saturated carbocycles. The van der Waals surface area contributed by atoms with Crippen LogP contribution in [-0.2, 0) is 19.6 Å². The number of hydrogen-bond acceptors (Lipinski definition) is 2. The van der Waals surface area contributed by atoms with Crippen molar-refractivity contribution in [3.05, 3.63) is 62.4 Å². The second kappa shape index (κ2) is 9.25. The van der Waals surface area contributed by atoms with E-state index < -0.39 is 11.7 Å². The van der Waals surface area contributed by atoms with Gasteiger partial charge in [-0.15, -0.1) is 0 Å². The summed E-state index contributed by atoms with van der Waals surface area (Å²) < 4.78 is 41.7. The molecule has 1 spiro atoms. The van der Waals surface area contributed by atoms with Crippen molar-refractivity contribution in [1.82, 2.24) is 14.5 Å². The molecule has 0 radical (unpaired) electrons. The van der Waals surface area contributed by atoms with Crippen molar-refractivity contribution < 1.29 is 18.0 Å². The van der Waals surface area contributed by atoms with Crippen molar-refractivity contribution in [2.75, 3.05) is 13.1 Å². The summed E-state index contributed by atoms with van der Waals surface area (Å²) in [6, 6.07) is 5.53. The number of alkyl halides is 3. The molecule has 0 atom stereocenters. The van der Waals surface area contributed by atoms with Crippen molar-refractivity contribution in [3.8, 4) is 0 Å². The summed E-state index contributed by atoms with van der Waals surface area (Å²) in [5.74, 6) is 0.406. The van der Waals surface area contributed by atoms with E-state index in [1.54, 1.807) is 30.7 Å². The van der Waals surface area contributed by atoms with Crippen LogP contribution in [0.15, 0.2) is 24.3 Å². The van der Waals surface area contributed by atoms with Crippen LogP contribution in [-0.4, -0.2) is 33.4 Å². The number of nitrogens with zero attached hydrogens (tertiary/aromatic N) is 3. The van der Waals surface area contributed by atoms with Gasteiger partial charge < -0.3 is 9.47 Å². The number of aryl methyl sites for hydroxylation is 2. The number of benzene rings is 2. The lowest BCUT2D eigenvalue weighted by Crippen LogP contribution is -2.42. The lowest BCUT2D eigenvalue weighted by molar-refractivity contribution is -0.137. The topological polar surface area (TPSA) is 38.1 Å². The molecule has 2 aromatic carbocycles. The minimum absolute atomic E-state index is 0.110. The number of carbonyl (C=O) groups excluding carboxylic acids is 1. The predicted molar refractivity (Wildman–Crippen MR) is 136 cm³/mol. The van der Waals surface area contributed by atoms with E-state index in [4.69, 9.17) is 23.2 Å². The highest BCUT2D eigenvalue weighted by Gasteiger charge is 2.38. The average Bonchev–Trinajstić information content (AvgIpc) is 3.41. The van der Waals surface area contributed by atoms with Gasteiger partial charge in [0.15, 0.2) is 0 Å². The molecule has 4 nitrogen and oxygen atoms in total. The number of piperidine rings is 1. The fraction of sp³-hybridized carbons (Fsp3) is 0.481. The van der Waals surface area contributed by atoms with Crippen LogP contribution in [0.5, 0.6) is 0 Å². The molecular formula is C27H28Cl2F3N3O. The molecule has 0 unspecified atom stereocenters. The smallest absolute Gasteiger partial charge is 0.339 e. The van der Waals surface area contributed by atoms with E-state index in [0.29, 0.717) is 44.0 Å². The molecule has 1 aliphatic carbocycles. The van der Waals surface area contributed by atoms with E-state index in [1.165, 1.54) is 25.7 Å². The van der Waals surface area contributed by atoms with Crippen LogP contribution < -0.4 is 0 Å². The van der Waals surface area contributed by atoms with Gasteiger partial charge in [-0.2, -0.15) is 13.2 Å². The quantitative estimate of drug-likeness (QED) is 0.345. The first-order valence-corrected chi connectivity index (χ1v) is 13.0. The first kappa shape index (κ1) is 25.4. The molecule has 5 rings (SSSR count). The largest absolute Gasteiger partial charge is 0.416 e. The van der Waals surface area contributed by atoms with Gasteiger partial charge in [0.05, 0.1) is 27.2 Å². The third kappa shape index (κ3) is 4.49. The van der Waals surface area contributed by atoms with E-state index in [2.05, 4.69) is 4.98 Å². The van der Waals surface area contributed by atoms with Crippen molar-refractivity contribution in [2.24, 2.45) is 12.5 Å². The first-order valence-electron chi connectivity index (χ1n) is 12.3. The normalized spacial score (nSPS) is 17.9. The number of amides is 1. The van der Waals surface area contributed by atoms with Crippen molar-refractivity contribution in [2.45, 2.75) is 58.0 Å². The van der Waals surface area contributed by atoms with Gasteiger partial charge in [0.25, 0.3) is 5.91 Å². The molecule has 1 saturated heterocycles. The van der Waals surface area contributed by atoms with Gasteiger partial charge in [0.2, 0.25) is 0 Å². The number of halogens is 5. The van der Waals surface area contributed by atoms with Crippen molar-refractivity contribution in [3.63, 3.8) is 0 Å². The fourth-order valence-electron chi connectivity index (χ4n) is 5.89. The van der Waals surface area contributed by atoms with Crippen molar-refractivity contribution >= 4 is 40.1 Å². The second-order valence-corrected chi connectivity index (χ2v) is 11.1. The highest BCUT2D eigenvalue weighted by Crippen LogP contribution is 2.46. The zero-order valence-corrected chi connectivity index (χ0v) is 21.8. The summed E-state index contributed by atoms with van der Waals surface area (Å²) >= 11 is 13.2. The van der Waals surface area contributed by atoms with E-state index >= 15 is 0 Å². The number of fused-ring (bicyclic) bond motifs is 1. The third-order valence-electron chi connectivity index (χ3n) is 8.12. The Labute approximate surface area is 218 Å². The van der Waals surface area contributed by atoms with E-state index in [9.17, 15) is 18.0 Å². The Kier molecular flexibility index (Phi) is 6.53. The number of carbonyl (C=O) groups is 1. The second-order valence-electron chi connectivity index (χ2n) is 10.3. The SMILES string of the molecule is Cc1cc(C(F)(F)F)cc2c1nc(Cc1c(Cl)ccc(C(=O)N3CCC4(CCCC4)CC3)c1Cl)n2C. The monoisotopic (exact) mass is 537 g/mol. The van der Waals surface area contributed by atoms with Gasteiger partial charge in [0, 0.05) is 31.6 Å². The maximum atomic E-state index is 13.4. The zero-order chi connectivity index (χ0) is 25.8. The van der Waals surface area contributed by atoms with Crippen LogP contribution in [0.4, 0.5) is 13.2 Å². The number of aromatic nitrogens is 2. The Morgan fingerprint density at radius 2 is 1.75 bits per heavy atom. The maximum absolute atomic E-state index is 13.4. The zero-order valence-electron chi connectivity index (χ0n) is 20.3. The van der Waals surface area contributed by atoms with Gasteiger partial charge in [-0.1, -0.05) is 36.0 Å². The summed E-state index contributed by atoms with van der Waals surface area (Å²) in [4.78, 5) is 19.9. The Balaban J connectivity index is 1.43. The highest BCUT2D eigenvalue weighted by molar-refractivity contribution is 6.38. The third-order valence-corrected chi connectivity index (χ3v) is 8.91. The number of likely N-dealkylation sites (tertiary alicyclic amines) is 1. The van der Waals surface area contributed by atoms with Crippen LogP contribution in [0.3, 0.4) is 0 Å². The molecule has 192 valence electrons. The predicted octanol–water partition coefficient (Wildman–Crippen LogP) is 7.59. The molecule has 2 aliphatic rings. The Morgan fingerprint density at radius 3 is 2.39 bits per heavy atom. The molecule has 9 heteroatoms. The van der Waals surface area contributed by atoms with Crippen LogP contribution in [0, 0.1) is 12.3 Å². The summed E-state index contributed by atoms with van der Waals surface area (Å²) in [5, 5.41) is 0.660. The minimum atomic E-state index is -4.45. The van der Waals surface area contributed by atoms with E-state index in [1.807, 2.05) is 4.90 Å². The summed E-state index contributed by atoms with van der Waals surface area (Å²) in [6.07, 6.45) is 2.85. The molecule has 1 aromatic heterocycles. The van der Waals surface area contributed by atoms with E-state index in [0.717, 1.165) is 38.1 Å². The molecule has 1 amide bonds. The number of imidazole rings is 1. The summed E-state index contributed by atoms with van der Waals surface area (Å²) in [5.41, 5.74) is 1.93. The van der Waals surface area contributed by atoms with Crippen LogP contribution in [0.1, 0.15) is 71.4 Å². The molecule has 2 fully saturated rings. The first-order chi connectivity index (χ1) is 17.0. The van der Waals surface area contributed by atoms with Crippen LogP contribution in [0.25, 0.3) is 11.0 Å². The molecule has 1 aliphatic heterocycles. The lowest BCUT2D eigenvalue weighted by atomic mass is 9.77. The van der Waals surface area contributed by atoms with Gasteiger partial charge in [-0.05, 0) is 73.4 Å². The van der Waals surface area contributed by atoms with E-state index in [-0.39, 0.29) is 17.4 Å². The average molecular weight is 538 g/mol. The molecular weight excluding hydrogens is 510 g/mol. The molecule has 36 heavy (non-hydrogen) atoms. The summed E-state index contributed by atoms with van der Waals surface area (Å²) in [6.45, 7) is 3.05. The van der Waals surface area contributed by atoms with Crippen molar-refractivity contribution in [1.29, 1.82) is 0 Å². The fourth-order valence-corrected chi connectivity index (χ4v) is 6.47. The lowest BCUT2D eigenvalue weighted by Gasteiger charge is -2.39. The van der Waals surface area contributed by atoms with Gasteiger partial charge in [0.1, 0.15) is 5.82 Å². The Bertz CT molecular complexity index is 1330. The molecule has 0 N–H and O–H groups in total. The van der Waals surface area contributed by atoms with Gasteiger partial charge >= 0.3 is 6.18 Å². The number of rotatable bonds is 3. The molecule has 2 heterocycles. The van der Waals surface area contributed by atoms with Crippen LogP contribution in [0.2, 0.25) is 10.0 Å².